The Hall–Kier alpha value is -3.07. The van der Waals surface area contributed by atoms with Crippen molar-refractivity contribution in [3.8, 4) is 5.75 Å². The molecule has 30 heavy (non-hydrogen) atoms. The van der Waals surface area contributed by atoms with Crippen molar-refractivity contribution >= 4 is 27.6 Å². The van der Waals surface area contributed by atoms with Crippen molar-refractivity contribution in [1.29, 1.82) is 0 Å². The monoisotopic (exact) mass is 434 g/mol. The highest BCUT2D eigenvalue weighted by molar-refractivity contribution is 7.92. The van der Waals surface area contributed by atoms with E-state index in [9.17, 15) is 18.0 Å². The average Bonchev–Trinajstić information content (AvgIpc) is 2.76. The summed E-state index contributed by atoms with van der Waals surface area (Å²) in [7, 11) is -1.08. The number of hydrogen-bond acceptors (Lipinski definition) is 6. The molecule has 0 aromatic heterocycles. The van der Waals surface area contributed by atoms with Crippen LogP contribution >= 0.6 is 0 Å². The van der Waals surface area contributed by atoms with Gasteiger partial charge in [0.15, 0.2) is 0 Å². The van der Waals surface area contributed by atoms with Crippen LogP contribution in [0.25, 0.3) is 0 Å². The number of ether oxygens (including phenoxy) is 2. The molecule has 2 aromatic rings. The maximum Gasteiger partial charge on any atom is 0.310 e. The lowest BCUT2D eigenvalue weighted by Gasteiger charge is -2.23. The number of benzene rings is 2. The maximum atomic E-state index is 12.9. The van der Waals surface area contributed by atoms with Gasteiger partial charge in [0.1, 0.15) is 5.75 Å². The number of anilines is 1. The molecule has 162 valence electrons. The van der Waals surface area contributed by atoms with Crippen molar-refractivity contribution in [3.63, 3.8) is 0 Å². The largest absolute Gasteiger partial charge is 0.497 e. The standard InChI is InChI=1S/C21H26N2O6S/c1-5-23(14-15(2)21(25)29-4)20(24)16-7-6-8-19(13-16)30(26,27)22-17-9-11-18(28-3)12-10-17/h6-13,15,22H,5,14H2,1-4H3. The molecule has 1 N–H and O–H groups in total. The molecule has 1 amide bonds. The van der Waals surface area contributed by atoms with E-state index in [1.165, 1.54) is 37.3 Å². The first kappa shape index (κ1) is 23.2. The number of nitrogens with zero attached hydrogens (tertiary/aromatic N) is 1. The van der Waals surface area contributed by atoms with Crippen LogP contribution in [0.4, 0.5) is 5.69 Å². The van der Waals surface area contributed by atoms with Crippen molar-refractivity contribution in [2.75, 3.05) is 32.0 Å². The fraction of sp³-hybridized carbons (Fsp3) is 0.333. The van der Waals surface area contributed by atoms with Gasteiger partial charge < -0.3 is 14.4 Å². The van der Waals surface area contributed by atoms with Gasteiger partial charge in [-0.1, -0.05) is 13.0 Å². The number of methoxy groups -OCH3 is 2. The van der Waals surface area contributed by atoms with E-state index in [-0.39, 0.29) is 22.9 Å². The van der Waals surface area contributed by atoms with Gasteiger partial charge in [0.05, 0.1) is 25.0 Å². The topological polar surface area (TPSA) is 102 Å². The third-order valence-electron chi connectivity index (χ3n) is 4.50. The molecule has 0 fully saturated rings. The van der Waals surface area contributed by atoms with Crippen LogP contribution in [0.2, 0.25) is 0 Å². The molecule has 0 saturated carbocycles. The summed E-state index contributed by atoms with van der Waals surface area (Å²) >= 11 is 0. The van der Waals surface area contributed by atoms with Gasteiger partial charge in [-0.3, -0.25) is 14.3 Å². The second-order valence-electron chi connectivity index (χ2n) is 6.63. The van der Waals surface area contributed by atoms with Crippen LogP contribution in [-0.2, 0) is 19.6 Å². The quantitative estimate of drug-likeness (QED) is 0.609. The minimum Gasteiger partial charge on any atom is -0.497 e. The van der Waals surface area contributed by atoms with E-state index in [2.05, 4.69) is 4.72 Å². The molecule has 2 rings (SSSR count). The van der Waals surface area contributed by atoms with E-state index in [0.29, 0.717) is 18.0 Å². The fourth-order valence-electron chi connectivity index (χ4n) is 2.81. The summed E-state index contributed by atoms with van der Waals surface area (Å²) in [6.07, 6.45) is 0. The van der Waals surface area contributed by atoms with Gasteiger partial charge >= 0.3 is 5.97 Å². The van der Waals surface area contributed by atoms with Gasteiger partial charge in [-0.05, 0) is 49.4 Å². The van der Waals surface area contributed by atoms with Crippen molar-refractivity contribution in [3.05, 3.63) is 54.1 Å². The fourth-order valence-corrected chi connectivity index (χ4v) is 3.92. The first-order chi connectivity index (χ1) is 14.2. The predicted octanol–water partition coefficient (Wildman–Crippen LogP) is 2.77. The molecular formula is C21H26N2O6S. The Morgan fingerprint density at radius 2 is 1.77 bits per heavy atom. The van der Waals surface area contributed by atoms with Crippen LogP contribution < -0.4 is 9.46 Å². The maximum absolute atomic E-state index is 12.9. The molecule has 9 heteroatoms. The van der Waals surface area contributed by atoms with Gasteiger partial charge in [0, 0.05) is 24.3 Å². The molecular weight excluding hydrogens is 408 g/mol. The zero-order valence-electron chi connectivity index (χ0n) is 17.4. The van der Waals surface area contributed by atoms with Crippen LogP contribution in [0.1, 0.15) is 24.2 Å². The number of esters is 1. The Labute approximate surface area is 176 Å². The molecule has 1 unspecified atom stereocenters. The number of amides is 1. The Kier molecular flexibility index (Phi) is 7.82. The number of hydrogen-bond donors (Lipinski definition) is 1. The average molecular weight is 435 g/mol. The zero-order chi connectivity index (χ0) is 22.3. The Bertz CT molecular complexity index is 989. The molecule has 0 radical (unpaired) electrons. The highest BCUT2D eigenvalue weighted by Gasteiger charge is 2.23. The van der Waals surface area contributed by atoms with E-state index in [1.54, 1.807) is 44.2 Å². The van der Waals surface area contributed by atoms with Gasteiger partial charge in [-0.15, -0.1) is 0 Å². The molecule has 0 aliphatic heterocycles. The second kappa shape index (κ2) is 10.1. The van der Waals surface area contributed by atoms with Crippen molar-refractivity contribution < 1.29 is 27.5 Å². The smallest absolute Gasteiger partial charge is 0.310 e. The van der Waals surface area contributed by atoms with Crippen LogP contribution in [0.15, 0.2) is 53.4 Å². The second-order valence-corrected chi connectivity index (χ2v) is 8.31. The molecule has 0 bridgehead atoms. The summed E-state index contributed by atoms with van der Waals surface area (Å²) in [6, 6.07) is 12.2. The summed E-state index contributed by atoms with van der Waals surface area (Å²) in [6.45, 7) is 3.99. The molecule has 0 saturated heterocycles. The van der Waals surface area contributed by atoms with Gasteiger partial charge in [-0.2, -0.15) is 0 Å². The lowest BCUT2D eigenvalue weighted by Crippen LogP contribution is -2.37. The predicted molar refractivity (Wildman–Crippen MR) is 113 cm³/mol. The summed E-state index contributed by atoms with van der Waals surface area (Å²) in [5, 5.41) is 0. The third-order valence-corrected chi connectivity index (χ3v) is 5.88. The van der Waals surface area contributed by atoms with Gasteiger partial charge in [-0.25, -0.2) is 8.42 Å². The molecule has 8 nitrogen and oxygen atoms in total. The number of nitrogens with one attached hydrogen (secondary N) is 1. The Balaban J connectivity index is 2.22. The number of carbonyl (C=O) groups is 2. The first-order valence-corrected chi connectivity index (χ1v) is 10.8. The molecule has 0 aliphatic rings. The first-order valence-electron chi connectivity index (χ1n) is 9.35. The van der Waals surface area contributed by atoms with Crippen LogP contribution in [0.3, 0.4) is 0 Å². The molecule has 0 aliphatic carbocycles. The number of rotatable bonds is 9. The number of carbonyl (C=O) groups excluding carboxylic acids is 2. The van der Waals surface area contributed by atoms with Crippen molar-refractivity contribution in [2.45, 2.75) is 18.7 Å². The zero-order valence-corrected chi connectivity index (χ0v) is 18.2. The summed E-state index contributed by atoms with van der Waals surface area (Å²) in [4.78, 5) is 26.0. The highest BCUT2D eigenvalue weighted by atomic mass is 32.2. The SMILES string of the molecule is CCN(CC(C)C(=O)OC)C(=O)c1cccc(S(=O)(=O)Nc2ccc(OC)cc2)c1. The van der Waals surface area contributed by atoms with Crippen molar-refractivity contribution in [2.24, 2.45) is 5.92 Å². The molecule has 0 heterocycles. The van der Waals surface area contributed by atoms with E-state index in [1.807, 2.05) is 0 Å². The highest BCUT2D eigenvalue weighted by Crippen LogP contribution is 2.20. The van der Waals surface area contributed by atoms with Crippen LogP contribution in [-0.4, -0.2) is 52.5 Å². The van der Waals surface area contributed by atoms with E-state index in [0.717, 1.165) is 0 Å². The van der Waals surface area contributed by atoms with E-state index >= 15 is 0 Å². The van der Waals surface area contributed by atoms with Crippen molar-refractivity contribution in [1.82, 2.24) is 4.90 Å². The van der Waals surface area contributed by atoms with Crippen LogP contribution in [0, 0.1) is 5.92 Å². The lowest BCUT2D eigenvalue weighted by atomic mass is 10.1. The van der Waals surface area contributed by atoms with Gasteiger partial charge in [0.2, 0.25) is 0 Å². The Morgan fingerprint density at radius 1 is 1.10 bits per heavy atom. The molecule has 2 aromatic carbocycles. The number of sulfonamides is 1. The summed E-state index contributed by atoms with van der Waals surface area (Å²) in [5.41, 5.74) is 0.584. The normalized spacial score (nSPS) is 12.0. The van der Waals surface area contributed by atoms with E-state index < -0.39 is 21.9 Å². The molecule has 1 atom stereocenters. The van der Waals surface area contributed by atoms with E-state index in [4.69, 9.17) is 9.47 Å². The van der Waals surface area contributed by atoms with Gasteiger partial charge in [0.25, 0.3) is 15.9 Å². The summed E-state index contributed by atoms with van der Waals surface area (Å²) < 4.78 is 37.7. The third kappa shape index (κ3) is 5.73. The molecule has 0 spiro atoms. The minimum atomic E-state index is -3.90. The summed E-state index contributed by atoms with van der Waals surface area (Å²) in [5.74, 6) is -0.676. The lowest BCUT2D eigenvalue weighted by molar-refractivity contribution is -0.145. The Morgan fingerprint density at radius 3 is 2.33 bits per heavy atom. The minimum absolute atomic E-state index is 0.0405. The van der Waals surface area contributed by atoms with Crippen LogP contribution in [0.5, 0.6) is 5.75 Å².